The summed E-state index contributed by atoms with van der Waals surface area (Å²) in [6, 6.07) is 2.35. The third kappa shape index (κ3) is 3.45. The van der Waals surface area contributed by atoms with E-state index in [4.69, 9.17) is 11.6 Å². The fourth-order valence-electron chi connectivity index (χ4n) is 1.19. The summed E-state index contributed by atoms with van der Waals surface area (Å²) >= 11 is 5.35. The van der Waals surface area contributed by atoms with Crippen molar-refractivity contribution in [3.8, 4) is 0 Å². The van der Waals surface area contributed by atoms with E-state index < -0.39 is 22.4 Å². The first kappa shape index (κ1) is 13.5. The van der Waals surface area contributed by atoms with Crippen molar-refractivity contribution in [2.75, 3.05) is 5.88 Å². The molecule has 1 aromatic rings. The van der Waals surface area contributed by atoms with Crippen LogP contribution in [0.25, 0.3) is 6.08 Å². The minimum absolute atomic E-state index is 0.0867. The highest BCUT2D eigenvalue weighted by molar-refractivity contribution is 6.19. The van der Waals surface area contributed by atoms with Gasteiger partial charge in [-0.25, -0.2) is 0 Å². The van der Waals surface area contributed by atoms with Crippen molar-refractivity contribution in [2.24, 2.45) is 0 Å². The van der Waals surface area contributed by atoms with Gasteiger partial charge in [0, 0.05) is 11.9 Å². The summed E-state index contributed by atoms with van der Waals surface area (Å²) in [5, 5.41) is 10.6. The monoisotopic (exact) mass is 265 g/mol. The van der Waals surface area contributed by atoms with Crippen LogP contribution in [0.5, 0.6) is 0 Å². The van der Waals surface area contributed by atoms with Crippen LogP contribution in [-0.4, -0.2) is 10.8 Å². The first-order chi connectivity index (χ1) is 7.86. The van der Waals surface area contributed by atoms with Gasteiger partial charge in [0.15, 0.2) is 0 Å². The summed E-state index contributed by atoms with van der Waals surface area (Å²) in [6.45, 7) is 0. The van der Waals surface area contributed by atoms with Crippen LogP contribution < -0.4 is 0 Å². The minimum atomic E-state index is -4.60. The average Bonchev–Trinajstić information content (AvgIpc) is 2.24. The average molecular weight is 266 g/mol. The molecule has 1 aromatic carbocycles. The van der Waals surface area contributed by atoms with Gasteiger partial charge in [-0.3, -0.25) is 10.1 Å². The number of allylic oxidation sites excluding steroid dienone is 1. The largest absolute Gasteiger partial charge is 0.416 e. The Balaban J connectivity index is 3.27. The lowest BCUT2D eigenvalue weighted by atomic mass is 10.1. The molecule has 1 rings (SSSR count). The van der Waals surface area contributed by atoms with E-state index >= 15 is 0 Å². The quantitative estimate of drug-likeness (QED) is 0.473. The molecule has 0 aromatic heterocycles. The highest BCUT2D eigenvalue weighted by Gasteiger charge is 2.32. The molecule has 0 N–H and O–H groups in total. The zero-order valence-corrected chi connectivity index (χ0v) is 9.13. The van der Waals surface area contributed by atoms with Crippen molar-refractivity contribution >= 4 is 23.4 Å². The second-order valence-electron chi connectivity index (χ2n) is 3.09. The van der Waals surface area contributed by atoms with Gasteiger partial charge >= 0.3 is 6.18 Å². The molecular formula is C10H7ClF3NO2. The summed E-state index contributed by atoms with van der Waals surface area (Å²) in [7, 11) is 0. The zero-order chi connectivity index (χ0) is 13.1. The Labute approximate surface area is 99.7 Å². The van der Waals surface area contributed by atoms with E-state index in [2.05, 4.69) is 0 Å². The first-order valence-corrected chi connectivity index (χ1v) is 4.98. The molecule has 0 radical (unpaired) electrons. The number of alkyl halides is 4. The smallest absolute Gasteiger partial charge is 0.258 e. The van der Waals surface area contributed by atoms with Crippen LogP contribution in [0, 0.1) is 10.1 Å². The highest BCUT2D eigenvalue weighted by atomic mass is 35.5. The van der Waals surface area contributed by atoms with Crippen LogP contribution in [0.2, 0.25) is 0 Å². The molecule has 0 spiro atoms. The van der Waals surface area contributed by atoms with E-state index in [-0.39, 0.29) is 11.4 Å². The Morgan fingerprint density at radius 1 is 1.41 bits per heavy atom. The molecule has 0 fully saturated rings. The number of nitro benzene ring substituents is 1. The highest BCUT2D eigenvalue weighted by Crippen LogP contribution is 2.33. The molecule has 0 saturated carbocycles. The first-order valence-electron chi connectivity index (χ1n) is 4.44. The van der Waals surface area contributed by atoms with E-state index in [0.717, 1.165) is 12.1 Å². The number of benzene rings is 1. The number of nitro groups is 1. The van der Waals surface area contributed by atoms with Crippen LogP contribution in [0.4, 0.5) is 18.9 Å². The van der Waals surface area contributed by atoms with E-state index in [1.54, 1.807) is 0 Å². The predicted molar refractivity (Wildman–Crippen MR) is 57.9 cm³/mol. The van der Waals surface area contributed by atoms with Crippen molar-refractivity contribution < 1.29 is 18.1 Å². The molecule has 0 aliphatic rings. The Hall–Kier alpha value is -1.56. The fraction of sp³-hybridized carbons (Fsp3) is 0.200. The summed E-state index contributed by atoms with van der Waals surface area (Å²) in [6.07, 6.45) is -1.87. The maximum Gasteiger partial charge on any atom is 0.416 e. The molecule has 0 atom stereocenters. The van der Waals surface area contributed by atoms with E-state index in [1.165, 1.54) is 12.2 Å². The van der Waals surface area contributed by atoms with Gasteiger partial charge < -0.3 is 0 Å². The van der Waals surface area contributed by atoms with E-state index in [0.29, 0.717) is 6.07 Å². The Bertz CT molecular complexity index is 457. The second kappa shape index (κ2) is 5.18. The van der Waals surface area contributed by atoms with Crippen molar-refractivity contribution in [1.29, 1.82) is 0 Å². The number of nitrogens with zero attached hydrogens (tertiary/aromatic N) is 1. The molecule has 0 bridgehead atoms. The van der Waals surface area contributed by atoms with Gasteiger partial charge in [-0.2, -0.15) is 13.2 Å². The number of hydrogen-bond donors (Lipinski definition) is 0. The van der Waals surface area contributed by atoms with E-state index in [9.17, 15) is 23.3 Å². The molecule has 17 heavy (non-hydrogen) atoms. The Kier molecular flexibility index (Phi) is 4.11. The van der Waals surface area contributed by atoms with Crippen LogP contribution in [0.15, 0.2) is 24.3 Å². The standard InChI is InChI=1S/C10H7ClF3NO2/c11-5-1-2-7-3-4-8(10(12,13)14)6-9(7)15(16)17/h1-4,6H,5H2. The van der Waals surface area contributed by atoms with Crippen LogP contribution in [-0.2, 0) is 6.18 Å². The topological polar surface area (TPSA) is 43.1 Å². The summed E-state index contributed by atoms with van der Waals surface area (Å²) in [5.74, 6) is 0.123. The normalized spacial score (nSPS) is 12.0. The molecule has 0 amide bonds. The van der Waals surface area contributed by atoms with Crippen LogP contribution in [0.1, 0.15) is 11.1 Å². The lowest BCUT2D eigenvalue weighted by Gasteiger charge is -2.06. The van der Waals surface area contributed by atoms with Gasteiger partial charge in [0.25, 0.3) is 5.69 Å². The van der Waals surface area contributed by atoms with Gasteiger partial charge in [0.05, 0.1) is 16.1 Å². The van der Waals surface area contributed by atoms with E-state index in [1.807, 2.05) is 0 Å². The van der Waals surface area contributed by atoms with Crippen molar-refractivity contribution in [3.63, 3.8) is 0 Å². The fourth-order valence-corrected chi connectivity index (χ4v) is 1.28. The van der Waals surface area contributed by atoms with Crippen molar-refractivity contribution in [1.82, 2.24) is 0 Å². The third-order valence-electron chi connectivity index (χ3n) is 1.94. The molecule has 0 saturated heterocycles. The summed E-state index contributed by atoms with van der Waals surface area (Å²) < 4.78 is 37.1. The van der Waals surface area contributed by atoms with Gasteiger partial charge in [0.1, 0.15) is 0 Å². The van der Waals surface area contributed by atoms with Gasteiger partial charge in [-0.1, -0.05) is 12.2 Å². The number of halogens is 4. The van der Waals surface area contributed by atoms with Crippen molar-refractivity contribution in [2.45, 2.75) is 6.18 Å². The zero-order valence-electron chi connectivity index (χ0n) is 8.37. The van der Waals surface area contributed by atoms with Gasteiger partial charge in [-0.05, 0) is 12.1 Å². The number of rotatable bonds is 3. The Morgan fingerprint density at radius 2 is 2.06 bits per heavy atom. The van der Waals surface area contributed by atoms with Crippen LogP contribution in [0.3, 0.4) is 0 Å². The van der Waals surface area contributed by atoms with Crippen LogP contribution >= 0.6 is 11.6 Å². The molecule has 0 unspecified atom stereocenters. The maximum atomic E-state index is 12.4. The SMILES string of the molecule is O=[N+]([O-])c1cc(C(F)(F)F)ccc1C=CCCl. The lowest BCUT2D eigenvalue weighted by Crippen LogP contribution is -2.06. The molecule has 0 aliphatic heterocycles. The minimum Gasteiger partial charge on any atom is -0.258 e. The maximum absolute atomic E-state index is 12.4. The number of hydrogen-bond acceptors (Lipinski definition) is 2. The van der Waals surface area contributed by atoms with Gasteiger partial charge in [0.2, 0.25) is 0 Å². The Morgan fingerprint density at radius 3 is 2.53 bits per heavy atom. The third-order valence-corrected chi connectivity index (χ3v) is 2.12. The molecule has 92 valence electrons. The van der Waals surface area contributed by atoms with Gasteiger partial charge in [-0.15, -0.1) is 11.6 Å². The molecular weight excluding hydrogens is 259 g/mol. The lowest BCUT2D eigenvalue weighted by molar-refractivity contribution is -0.385. The summed E-state index contributed by atoms with van der Waals surface area (Å²) in [5.41, 5.74) is -1.56. The summed E-state index contributed by atoms with van der Waals surface area (Å²) in [4.78, 5) is 9.78. The second-order valence-corrected chi connectivity index (χ2v) is 3.39. The van der Waals surface area contributed by atoms with Crippen molar-refractivity contribution in [3.05, 3.63) is 45.5 Å². The molecule has 3 nitrogen and oxygen atoms in total. The predicted octanol–water partition coefficient (Wildman–Crippen LogP) is 3.87. The molecule has 0 aliphatic carbocycles. The molecule has 7 heteroatoms. The molecule has 0 heterocycles.